The van der Waals surface area contributed by atoms with Gasteiger partial charge in [0.05, 0.1) is 29.4 Å². The van der Waals surface area contributed by atoms with Crippen LogP contribution in [0.2, 0.25) is 0 Å². The monoisotopic (exact) mass is 559 g/mol. The molecule has 10 nitrogen and oxygen atoms in total. The zero-order valence-electron chi connectivity index (χ0n) is 21.0. The Morgan fingerprint density at radius 3 is 2.32 bits per heavy atom. The molecule has 0 spiro atoms. The number of hydrogen-bond acceptors (Lipinski definition) is 7. The third-order valence-corrected chi connectivity index (χ3v) is 9.37. The zero-order valence-corrected chi connectivity index (χ0v) is 22.6. The summed E-state index contributed by atoms with van der Waals surface area (Å²) in [6, 6.07) is 21.5. The van der Waals surface area contributed by atoms with Crippen molar-refractivity contribution in [3.05, 3.63) is 84.4 Å². The molecule has 38 heavy (non-hydrogen) atoms. The van der Waals surface area contributed by atoms with E-state index in [4.69, 9.17) is 9.47 Å². The molecule has 0 saturated heterocycles. The molecule has 0 unspecified atom stereocenters. The summed E-state index contributed by atoms with van der Waals surface area (Å²) in [6.07, 6.45) is -1.05. The van der Waals surface area contributed by atoms with Gasteiger partial charge in [-0.3, -0.25) is 9.10 Å². The molecule has 0 fully saturated rings. The van der Waals surface area contributed by atoms with Crippen molar-refractivity contribution in [2.45, 2.75) is 16.8 Å². The number of anilines is 1. The molecule has 3 aromatic rings. The minimum atomic E-state index is -3.79. The van der Waals surface area contributed by atoms with Crippen molar-refractivity contribution in [2.24, 2.45) is 0 Å². The molecule has 3 aromatic carbocycles. The van der Waals surface area contributed by atoms with E-state index in [1.165, 1.54) is 42.7 Å². The fourth-order valence-corrected chi connectivity index (χ4v) is 6.32. The molecule has 12 heteroatoms. The molecular weight excluding hydrogens is 530 g/mol. The van der Waals surface area contributed by atoms with Gasteiger partial charge in [0.15, 0.2) is 6.10 Å². The Hall–Kier alpha value is -3.61. The number of sulfonamides is 2. The number of hydrogen-bond donors (Lipinski definition) is 1. The van der Waals surface area contributed by atoms with Crippen LogP contribution in [0.3, 0.4) is 0 Å². The third-order valence-electron chi connectivity index (χ3n) is 5.83. The predicted octanol–water partition coefficient (Wildman–Crippen LogP) is 2.23. The molecule has 1 atom stereocenters. The van der Waals surface area contributed by atoms with Crippen molar-refractivity contribution in [2.75, 3.05) is 38.1 Å². The number of nitrogens with one attached hydrogen (secondary N) is 1. The Morgan fingerprint density at radius 2 is 1.63 bits per heavy atom. The van der Waals surface area contributed by atoms with Crippen molar-refractivity contribution < 1.29 is 31.1 Å². The highest BCUT2D eigenvalue weighted by Crippen LogP contribution is 2.35. The fraction of sp³-hybridized carbons (Fsp3) is 0.269. The molecule has 0 radical (unpaired) electrons. The zero-order chi connectivity index (χ0) is 27.3. The standard InChI is InChI=1S/C26H29N3O7S2/c1-28(2)38(33,34)22-14-12-21(13-15-22)35-17-16-27-26(30)25-18-29(23-10-6-7-11-24(23)36-25)37(31,32)19-20-8-4-3-5-9-20/h3-15,25H,16-19H2,1-2H3,(H,27,30)/t25-/m0/s1. The molecule has 1 amide bonds. The molecule has 0 aromatic heterocycles. The molecule has 1 heterocycles. The molecule has 0 aliphatic carbocycles. The van der Waals surface area contributed by atoms with E-state index in [0.717, 1.165) is 4.31 Å². The second-order valence-corrected chi connectivity index (χ2v) is 12.8. The molecule has 4 rings (SSSR count). The van der Waals surface area contributed by atoms with Gasteiger partial charge in [-0.25, -0.2) is 21.1 Å². The minimum Gasteiger partial charge on any atom is -0.492 e. The molecular formula is C26H29N3O7S2. The van der Waals surface area contributed by atoms with Gasteiger partial charge in [-0.2, -0.15) is 0 Å². The summed E-state index contributed by atoms with van der Waals surface area (Å²) in [6.45, 7) is 0.0837. The molecule has 1 aliphatic rings. The summed E-state index contributed by atoms with van der Waals surface area (Å²) in [7, 11) is -4.42. The highest BCUT2D eigenvalue weighted by molar-refractivity contribution is 7.92. The number of ether oxygens (including phenoxy) is 2. The Balaban J connectivity index is 1.36. The average Bonchev–Trinajstić information content (AvgIpc) is 2.90. The molecule has 0 bridgehead atoms. The van der Waals surface area contributed by atoms with Crippen LogP contribution < -0.4 is 19.1 Å². The topological polar surface area (TPSA) is 122 Å². The van der Waals surface area contributed by atoms with Crippen LogP contribution in [-0.4, -0.2) is 66.9 Å². The molecule has 202 valence electrons. The summed E-state index contributed by atoms with van der Waals surface area (Å²) >= 11 is 0. The fourth-order valence-electron chi connectivity index (χ4n) is 3.84. The van der Waals surface area contributed by atoms with Crippen LogP contribution in [-0.2, 0) is 30.6 Å². The number of carbonyl (C=O) groups is 1. The number of nitrogens with zero attached hydrogens (tertiary/aromatic N) is 2. The van der Waals surface area contributed by atoms with Crippen LogP contribution in [0, 0.1) is 0 Å². The Kier molecular flexibility index (Phi) is 8.24. The van der Waals surface area contributed by atoms with Gasteiger partial charge in [-0.15, -0.1) is 0 Å². The van der Waals surface area contributed by atoms with Crippen molar-refractivity contribution in [1.82, 2.24) is 9.62 Å². The van der Waals surface area contributed by atoms with E-state index in [9.17, 15) is 21.6 Å². The first-order valence-corrected chi connectivity index (χ1v) is 14.9. The largest absolute Gasteiger partial charge is 0.492 e. The smallest absolute Gasteiger partial charge is 0.263 e. The van der Waals surface area contributed by atoms with E-state index >= 15 is 0 Å². The van der Waals surface area contributed by atoms with Crippen LogP contribution in [0.15, 0.2) is 83.8 Å². The Labute approximate surface area is 222 Å². The van der Waals surface area contributed by atoms with Crippen LogP contribution in [0.1, 0.15) is 5.56 Å². The van der Waals surface area contributed by atoms with Crippen molar-refractivity contribution >= 4 is 31.6 Å². The van der Waals surface area contributed by atoms with Crippen molar-refractivity contribution in [3.8, 4) is 11.5 Å². The Bertz CT molecular complexity index is 1480. The molecule has 1 aliphatic heterocycles. The second kappa shape index (κ2) is 11.4. The number of amides is 1. The van der Waals surface area contributed by atoms with Gasteiger partial charge >= 0.3 is 0 Å². The lowest BCUT2D eigenvalue weighted by molar-refractivity contribution is -0.127. The number of benzene rings is 3. The maximum atomic E-state index is 13.3. The average molecular weight is 560 g/mol. The highest BCUT2D eigenvalue weighted by Gasteiger charge is 2.36. The lowest BCUT2D eigenvalue weighted by atomic mass is 10.2. The van der Waals surface area contributed by atoms with Gasteiger partial charge in [0, 0.05) is 14.1 Å². The van der Waals surface area contributed by atoms with Gasteiger partial charge in [0.25, 0.3) is 5.91 Å². The number of fused-ring (bicyclic) bond motifs is 1. The lowest BCUT2D eigenvalue weighted by Gasteiger charge is -2.34. The number of rotatable bonds is 10. The normalized spacial score (nSPS) is 15.4. The van der Waals surface area contributed by atoms with Gasteiger partial charge in [-0.05, 0) is 42.0 Å². The van der Waals surface area contributed by atoms with E-state index < -0.39 is 32.1 Å². The van der Waals surface area contributed by atoms with Crippen LogP contribution in [0.4, 0.5) is 5.69 Å². The van der Waals surface area contributed by atoms with E-state index in [2.05, 4.69) is 5.32 Å². The lowest BCUT2D eigenvalue weighted by Crippen LogP contribution is -2.51. The summed E-state index contributed by atoms with van der Waals surface area (Å²) < 4.78 is 64.7. The highest BCUT2D eigenvalue weighted by atomic mass is 32.2. The Morgan fingerprint density at radius 1 is 0.974 bits per heavy atom. The summed E-state index contributed by atoms with van der Waals surface area (Å²) in [5, 5.41) is 2.71. The van der Waals surface area contributed by atoms with Crippen molar-refractivity contribution in [3.63, 3.8) is 0 Å². The van der Waals surface area contributed by atoms with E-state index in [1.807, 2.05) is 6.07 Å². The summed E-state index contributed by atoms with van der Waals surface area (Å²) in [5.41, 5.74) is 1.03. The van der Waals surface area contributed by atoms with E-state index in [1.54, 1.807) is 48.5 Å². The first-order chi connectivity index (χ1) is 18.1. The number of para-hydroxylation sites is 2. The van der Waals surface area contributed by atoms with Gasteiger partial charge in [0.2, 0.25) is 20.0 Å². The summed E-state index contributed by atoms with van der Waals surface area (Å²) in [4.78, 5) is 13.0. The first kappa shape index (κ1) is 27.4. The minimum absolute atomic E-state index is 0.116. The van der Waals surface area contributed by atoms with Gasteiger partial charge in [0.1, 0.15) is 18.1 Å². The third kappa shape index (κ3) is 6.26. The van der Waals surface area contributed by atoms with E-state index in [-0.39, 0.29) is 30.3 Å². The maximum Gasteiger partial charge on any atom is 0.263 e. The predicted molar refractivity (Wildman–Crippen MR) is 143 cm³/mol. The van der Waals surface area contributed by atoms with Crippen molar-refractivity contribution in [1.29, 1.82) is 0 Å². The van der Waals surface area contributed by atoms with Crippen LogP contribution in [0.25, 0.3) is 0 Å². The second-order valence-electron chi connectivity index (χ2n) is 8.75. The van der Waals surface area contributed by atoms with E-state index in [0.29, 0.717) is 22.7 Å². The van der Waals surface area contributed by atoms with Crippen LogP contribution in [0.5, 0.6) is 11.5 Å². The first-order valence-electron chi connectivity index (χ1n) is 11.8. The SMILES string of the molecule is CN(C)S(=O)(=O)c1ccc(OCCNC(=O)[C@@H]2CN(S(=O)(=O)Cc3ccccc3)c3ccccc3O2)cc1. The van der Waals surface area contributed by atoms with Gasteiger partial charge in [-0.1, -0.05) is 42.5 Å². The number of carbonyl (C=O) groups excluding carboxylic acids is 1. The summed E-state index contributed by atoms with van der Waals surface area (Å²) in [5.74, 6) is 0.0619. The quantitative estimate of drug-likeness (QED) is 0.378. The van der Waals surface area contributed by atoms with Gasteiger partial charge < -0.3 is 14.8 Å². The molecule has 0 saturated carbocycles. The van der Waals surface area contributed by atoms with Crippen LogP contribution >= 0.6 is 0 Å². The maximum absolute atomic E-state index is 13.3. The molecule has 1 N–H and O–H groups in total.